The first kappa shape index (κ1) is 15.2. The molecule has 0 aliphatic carbocycles. The molecule has 0 amide bonds. The van der Waals surface area contributed by atoms with Gasteiger partial charge in [-0.15, -0.1) is 0 Å². The van der Waals surface area contributed by atoms with E-state index in [2.05, 4.69) is 6.07 Å². The number of hydrogen-bond donors (Lipinski definition) is 0. The normalized spacial score (nSPS) is 10.8. The predicted molar refractivity (Wildman–Crippen MR) is 75.5 cm³/mol. The van der Waals surface area contributed by atoms with Gasteiger partial charge >= 0.3 is 5.97 Å². The van der Waals surface area contributed by atoms with Crippen LogP contribution in [0.4, 0.5) is 0 Å². The minimum atomic E-state index is -0.490. The van der Waals surface area contributed by atoms with Crippen LogP contribution < -0.4 is 0 Å². The molecule has 0 atom stereocenters. The average molecular weight is 260 g/mol. The summed E-state index contributed by atoms with van der Waals surface area (Å²) in [4.78, 5) is 23.4. The van der Waals surface area contributed by atoms with Crippen molar-refractivity contribution in [2.75, 3.05) is 6.61 Å². The third kappa shape index (κ3) is 3.53. The maximum absolute atomic E-state index is 12.2. The highest BCUT2D eigenvalue weighted by atomic mass is 16.5. The van der Waals surface area contributed by atoms with Crippen LogP contribution in [-0.4, -0.2) is 18.4 Å². The second-order valence-electron chi connectivity index (χ2n) is 4.58. The van der Waals surface area contributed by atoms with E-state index in [4.69, 9.17) is 4.74 Å². The van der Waals surface area contributed by atoms with Gasteiger partial charge in [-0.25, -0.2) is 4.79 Å². The molecule has 0 saturated carbocycles. The zero-order chi connectivity index (χ0) is 14.6. The van der Waals surface area contributed by atoms with Gasteiger partial charge in [-0.1, -0.05) is 6.07 Å². The molecule has 0 unspecified atom stereocenters. The van der Waals surface area contributed by atoms with E-state index >= 15 is 0 Å². The summed E-state index contributed by atoms with van der Waals surface area (Å²) < 4.78 is 4.76. The van der Waals surface area contributed by atoms with Gasteiger partial charge in [-0.2, -0.15) is 0 Å². The summed E-state index contributed by atoms with van der Waals surface area (Å²) in [6, 6.07) is 2.07. The van der Waals surface area contributed by atoms with Gasteiger partial charge in [-0.05, 0) is 62.9 Å². The number of ether oxygens (including phenoxy) is 1. The summed E-state index contributed by atoms with van der Waals surface area (Å²) in [5.74, 6) is -0.648. The maximum Gasteiger partial charge on any atom is 0.330 e. The largest absolute Gasteiger partial charge is 0.463 e. The first-order valence-corrected chi connectivity index (χ1v) is 6.35. The van der Waals surface area contributed by atoms with Gasteiger partial charge in [0.2, 0.25) is 0 Å². The van der Waals surface area contributed by atoms with Crippen LogP contribution in [0.2, 0.25) is 0 Å². The summed E-state index contributed by atoms with van der Waals surface area (Å²) in [5, 5.41) is 0. The van der Waals surface area contributed by atoms with Crippen molar-refractivity contribution in [3.8, 4) is 0 Å². The number of hydrogen-bond acceptors (Lipinski definition) is 3. The maximum atomic E-state index is 12.2. The lowest BCUT2D eigenvalue weighted by Crippen LogP contribution is -2.07. The summed E-state index contributed by atoms with van der Waals surface area (Å²) >= 11 is 0. The Morgan fingerprint density at radius 3 is 2.05 bits per heavy atom. The molecule has 0 N–H and O–H groups in total. The van der Waals surface area contributed by atoms with E-state index in [1.165, 1.54) is 12.2 Å². The number of rotatable bonds is 4. The van der Waals surface area contributed by atoms with E-state index in [-0.39, 0.29) is 5.78 Å². The number of aryl methyl sites for hydroxylation is 2. The molecule has 1 aromatic rings. The van der Waals surface area contributed by atoms with Crippen LogP contribution in [0, 0.1) is 27.7 Å². The van der Waals surface area contributed by atoms with Crippen LogP contribution in [0.1, 0.15) is 39.5 Å². The lowest BCUT2D eigenvalue weighted by molar-refractivity contribution is -0.137. The van der Waals surface area contributed by atoms with Crippen LogP contribution in [0.3, 0.4) is 0 Å². The van der Waals surface area contributed by atoms with Crippen LogP contribution in [0.25, 0.3) is 0 Å². The fourth-order valence-electron chi connectivity index (χ4n) is 2.00. The molecule has 0 heterocycles. The average Bonchev–Trinajstić information content (AvgIpc) is 2.35. The quantitative estimate of drug-likeness (QED) is 0.474. The van der Waals surface area contributed by atoms with E-state index in [0.29, 0.717) is 12.2 Å². The number of esters is 1. The molecule has 0 aliphatic heterocycles. The van der Waals surface area contributed by atoms with Gasteiger partial charge in [0.1, 0.15) is 0 Å². The number of carbonyl (C=O) groups is 2. The lowest BCUT2D eigenvalue weighted by Gasteiger charge is -2.12. The molecule has 19 heavy (non-hydrogen) atoms. The fourth-order valence-corrected chi connectivity index (χ4v) is 2.00. The van der Waals surface area contributed by atoms with Crippen molar-refractivity contribution in [2.45, 2.75) is 34.6 Å². The molecule has 0 aromatic heterocycles. The van der Waals surface area contributed by atoms with Gasteiger partial charge in [-0.3, -0.25) is 4.79 Å². The fraction of sp³-hybridized carbons (Fsp3) is 0.375. The molecule has 3 heteroatoms. The van der Waals surface area contributed by atoms with Crippen LogP contribution >= 0.6 is 0 Å². The Morgan fingerprint density at radius 2 is 1.58 bits per heavy atom. The second kappa shape index (κ2) is 6.32. The highest BCUT2D eigenvalue weighted by Crippen LogP contribution is 2.22. The highest BCUT2D eigenvalue weighted by molar-refractivity contribution is 6.09. The van der Waals surface area contributed by atoms with Gasteiger partial charge < -0.3 is 4.74 Å². The molecule has 0 saturated heterocycles. The molecule has 0 aliphatic rings. The zero-order valence-electron chi connectivity index (χ0n) is 12.2. The Morgan fingerprint density at radius 1 is 1.05 bits per heavy atom. The summed E-state index contributed by atoms with van der Waals surface area (Å²) in [7, 11) is 0. The van der Waals surface area contributed by atoms with Gasteiger partial charge in [0, 0.05) is 11.6 Å². The van der Waals surface area contributed by atoms with E-state index in [9.17, 15) is 9.59 Å². The number of ketones is 1. The summed E-state index contributed by atoms with van der Waals surface area (Å²) in [5.41, 5.74) is 4.76. The molecule has 0 bridgehead atoms. The Balaban J connectivity index is 3.10. The second-order valence-corrected chi connectivity index (χ2v) is 4.58. The monoisotopic (exact) mass is 260 g/mol. The van der Waals surface area contributed by atoms with Crippen LogP contribution in [0.15, 0.2) is 18.2 Å². The summed E-state index contributed by atoms with van der Waals surface area (Å²) in [6.07, 6.45) is 2.47. The van der Waals surface area contributed by atoms with Gasteiger partial charge in [0.15, 0.2) is 5.78 Å². The van der Waals surface area contributed by atoms with Crippen LogP contribution in [0.5, 0.6) is 0 Å². The van der Waals surface area contributed by atoms with Crippen molar-refractivity contribution in [1.82, 2.24) is 0 Å². The van der Waals surface area contributed by atoms with Crippen molar-refractivity contribution >= 4 is 11.8 Å². The van der Waals surface area contributed by atoms with E-state index in [0.717, 1.165) is 22.3 Å². The minimum Gasteiger partial charge on any atom is -0.463 e. The molecule has 0 spiro atoms. The third-order valence-corrected chi connectivity index (χ3v) is 3.27. The van der Waals surface area contributed by atoms with E-state index in [1.807, 2.05) is 27.7 Å². The first-order valence-electron chi connectivity index (χ1n) is 6.35. The smallest absolute Gasteiger partial charge is 0.330 e. The Kier molecular flexibility index (Phi) is 5.04. The number of carbonyl (C=O) groups excluding carboxylic acids is 2. The molecule has 102 valence electrons. The molecule has 1 rings (SSSR count). The summed E-state index contributed by atoms with van der Waals surface area (Å²) in [6.45, 7) is 9.84. The predicted octanol–water partition coefficient (Wildman–Crippen LogP) is 3.22. The Bertz CT molecular complexity index is 513. The number of allylic oxidation sites excluding steroid dienone is 1. The molecular weight excluding hydrogens is 240 g/mol. The Labute approximate surface area is 114 Å². The molecular formula is C16H20O3. The van der Waals surface area contributed by atoms with E-state index in [1.54, 1.807) is 6.92 Å². The molecule has 3 nitrogen and oxygen atoms in total. The van der Waals surface area contributed by atoms with Crippen molar-refractivity contribution in [3.63, 3.8) is 0 Å². The van der Waals surface area contributed by atoms with Crippen LogP contribution in [-0.2, 0) is 9.53 Å². The molecule has 1 aromatic carbocycles. The standard InChI is InChI=1S/C16H20O3/c1-6-19-15(18)8-7-14(17)16-12(4)10(2)9-11(3)13(16)5/h7-9H,6H2,1-5H3/b8-7+. The zero-order valence-corrected chi connectivity index (χ0v) is 12.2. The number of benzene rings is 1. The van der Waals surface area contributed by atoms with Crippen molar-refractivity contribution in [1.29, 1.82) is 0 Å². The van der Waals surface area contributed by atoms with Crippen molar-refractivity contribution in [2.24, 2.45) is 0 Å². The Hall–Kier alpha value is -1.90. The molecule has 0 radical (unpaired) electrons. The molecule has 0 fully saturated rings. The topological polar surface area (TPSA) is 43.4 Å². The van der Waals surface area contributed by atoms with Gasteiger partial charge in [0.25, 0.3) is 0 Å². The SMILES string of the molecule is CCOC(=O)/C=C/C(=O)c1c(C)c(C)cc(C)c1C. The third-order valence-electron chi connectivity index (χ3n) is 3.27. The first-order chi connectivity index (χ1) is 8.88. The van der Waals surface area contributed by atoms with Crippen molar-refractivity contribution in [3.05, 3.63) is 46.0 Å². The lowest BCUT2D eigenvalue weighted by atomic mass is 9.91. The van der Waals surface area contributed by atoms with E-state index < -0.39 is 5.97 Å². The highest BCUT2D eigenvalue weighted by Gasteiger charge is 2.13. The minimum absolute atomic E-state index is 0.158. The van der Waals surface area contributed by atoms with Crippen molar-refractivity contribution < 1.29 is 14.3 Å². The van der Waals surface area contributed by atoms with Gasteiger partial charge in [0.05, 0.1) is 6.61 Å².